The third-order valence-corrected chi connectivity index (χ3v) is 25.2. The van der Waals surface area contributed by atoms with E-state index in [4.69, 9.17) is 50.5 Å². The number of hydrogen-bond acceptors (Lipinski definition) is 28. The van der Waals surface area contributed by atoms with Crippen LogP contribution in [-0.2, 0) is 0 Å². The first-order valence-electron chi connectivity index (χ1n) is 46.2. The smallest absolute Gasteiger partial charge is 0.344 e. The molecule has 136 heavy (non-hydrogen) atoms. The Morgan fingerprint density at radius 3 is 1.02 bits per heavy atom. The molecule has 28 nitrogen and oxygen atoms in total. The zero-order valence-corrected chi connectivity index (χ0v) is 77.0. The van der Waals surface area contributed by atoms with E-state index in [0.717, 1.165) is 169 Å². The van der Waals surface area contributed by atoms with Crippen molar-refractivity contribution in [3.05, 3.63) is 276 Å². The molecule has 0 unspecified atom stereocenters. The Morgan fingerprint density at radius 1 is 0.338 bits per heavy atom. The summed E-state index contributed by atoms with van der Waals surface area (Å²) in [7, 11) is 1.41. The molecule has 702 valence electrons. The maximum atomic E-state index is 14.0. The maximum absolute atomic E-state index is 14.0. The Kier molecular flexibility index (Phi) is 27.5. The van der Waals surface area contributed by atoms with Crippen LogP contribution in [0.1, 0.15) is 48.5 Å². The second-order valence-electron chi connectivity index (χ2n) is 35.4. The highest BCUT2D eigenvalue weighted by Gasteiger charge is 2.27. The van der Waals surface area contributed by atoms with Crippen LogP contribution in [0.4, 0.5) is 32.8 Å². The molecule has 7 aliphatic heterocycles. The van der Waals surface area contributed by atoms with Gasteiger partial charge in [-0.25, -0.2) is 28.4 Å². The summed E-state index contributed by atoms with van der Waals surface area (Å²) in [4.78, 5) is 74.6. The first kappa shape index (κ1) is 91.9. The monoisotopic (exact) mass is 1840 g/mol. The number of benzene rings is 10. The molecular formula is C107H109FN10O18. The fourth-order valence-electron chi connectivity index (χ4n) is 18.4. The lowest BCUT2D eigenvalue weighted by atomic mass is 10.1. The summed E-state index contributed by atoms with van der Waals surface area (Å²) in [6.07, 6.45) is 0. The van der Waals surface area contributed by atoms with E-state index in [9.17, 15) is 38.6 Å². The number of piperazine rings is 5. The number of aromatic hydroxyl groups is 2. The van der Waals surface area contributed by atoms with E-state index in [1.54, 1.807) is 24.3 Å². The van der Waals surface area contributed by atoms with Gasteiger partial charge in [0.2, 0.25) is 6.79 Å². The Hall–Kier alpha value is -14.6. The van der Waals surface area contributed by atoms with Crippen molar-refractivity contribution in [3.8, 4) is 103 Å². The van der Waals surface area contributed by atoms with Crippen LogP contribution in [0, 0.1) is 5.82 Å². The Morgan fingerprint density at radius 2 is 0.654 bits per heavy atom. The molecule has 0 aliphatic carbocycles. The fourth-order valence-corrected chi connectivity index (χ4v) is 18.4. The molecule has 5 aromatic heterocycles. The van der Waals surface area contributed by atoms with Crippen molar-refractivity contribution in [1.82, 2.24) is 26.6 Å². The standard InChI is InChI=1S/C23H24N2O4.C22H24N2O3.C21H21FN2O3.C21H20N2O4.C20H20N2O4/c1-14-12-25(13-15(2)24-14)18-5-3-16-9-21(29-23(26)19(16)11-18)17-4-6-20-22(10-17)28-8-7-27-20;1-3-26-19-8-5-16(6-9-19)21-12-17-4-7-18(13-20(17)22(25)27-21)24-11-10-23-15(2)14-24;1-13-12-24(8-7-23-13)16-5-3-14-10-20(27-21(25)17(14)11-16)15-4-6-19(26-2)18(22)9-15;1-13-11-23(7-6-22-13)16-4-2-14-8-19(27-21(24)17(14)10-16)15-3-5-18-20(9-15)26-12-25-18;1-12-11-22(7-6-21-12)15-4-2-13-9-19(26-20(25)16(13)10-15)14-3-5-17(23)18(24)8-14/h3-6,9-11,14-15,24H,7-8,12-13H2,1-2H3;4-9,12-13,15,23H,3,10-11,14H2,1-2H3;3-6,9-11,13,23H,7-8,12H2,1-2H3;2-5,8-10,13,22H,6-7,11-12H2,1H3;2-5,8-10,12,21,23-24H,6-7,11H2,1H3/t14-,15+;15-;2*13-;12-/m.0000/s1. The van der Waals surface area contributed by atoms with Crippen molar-refractivity contribution in [2.24, 2.45) is 0 Å². The van der Waals surface area contributed by atoms with Crippen LogP contribution in [-0.4, -0.2) is 172 Å². The molecule has 0 bridgehead atoms. The molecule has 7 aliphatic rings. The molecule has 5 saturated heterocycles. The number of phenols is 2. The van der Waals surface area contributed by atoms with Gasteiger partial charge in [0.05, 0.1) is 40.6 Å². The van der Waals surface area contributed by atoms with Gasteiger partial charge < -0.3 is 112 Å². The van der Waals surface area contributed by atoms with Gasteiger partial charge in [-0.2, -0.15) is 0 Å². The minimum Gasteiger partial charge on any atom is -0.504 e. The topological polar surface area (TPSA) is 323 Å². The highest BCUT2D eigenvalue weighted by Crippen LogP contribution is 2.41. The molecule has 10 aromatic carbocycles. The third-order valence-electron chi connectivity index (χ3n) is 25.2. The van der Waals surface area contributed by atoms with Gasteiger partial charge >= 0.3 is 28.1 Å². The first-order valence-corrected chi connectivity index (χ1v) is 46.2. The molecule has 15 aromatic rings. The van der Waals surface area contributed by atoms with Crippen molar-refractivity contribution in [1.29, 1.82) is 0 Å². The predicted octanol–water partition coefficient (Wildman–Crippen LogP) is 16.1. The first-order chi connectivity index (χ1) is 65.9. The summed E-state index contributed by atoms with van der Waals surface area (Å²) >= 11 is 0. The number of ether oxygens (including phenoxy) is 6. The molecule has 6 atom stereocenters. The lowest BCUT2D eigenvalue weighted by Crippen LogP contribution is -2.54. The molecular weight excluding hydrogens is 1730 g/mol. The summed E-state index contributed by atoms with van der Waals surface area (Å²) in [6.45, 7) is 29.7. The number of phenolic OH excluding ortho intramolecular Hbond substituents is 2. The zero-order chi connectivity index (χ0) is 94.4. The highest BCUT2D eigenvalue weighted by molar-refractivity contribution is 5.92. The van der Waals surface area contributed by atoms with Crippen molar-refractivity contribution in [2.75, 3.05) is 150 Å². The molecule has 29 heteroatoms. The Bertz CT molecular complexity index is 7230. The third kappa shape index (κ3) is 21.0. The molecule has 0 amide bonds. The van der Waals surface area contributed by atoms with Gasteiger partial charge in [0.1, 0.15) is 47.8 Å². The van der Waals surface area contributed by atoms with Gasteiger partial charge in [0, 0.05) is 184 Å². The molecule has 5 fully saturated rings. The summed E-state index contributed by atoms with van der Waals surface area (Å²) in [5.41, 5.74) is 6.84. The van der Waals surface area contributed by atoms with Gasteiger partial charge in [-0.15, -0.1) is 0 Å². The number of methoxy groups -OCH3 is 1. The molecule has 0 spiro atoms. The van der Waals surface area contributed by atoms with E-state index < -0.39 is 17.1 Å². The molecule has 0 radical (unpaired) electrons. The van der Waals surface area contributed by atoms with Crippen LogP contribution in [0.3, 0.4) is 0 Å². The summed E-state index contributed by atoms with van der Waals surface area (Å²) in [5.74, 6) is 5.04. The predicted molar refractivity (Wildman–Crippen MR) is 531 cm³/mol. The fraction of sp³-hybridized carbons (Fsp3) is 0.299. The van der Waals surface area contributed by atoms with Crippen LogP contribution in [0.5, 0.6) is 46.0 Å². The van der Waals surface area contributed by atoms with Crippen LogP contribution in [0.2, 0.25) is 0 Å². The molecule has 7 N–H and O–H groups in total. The van der Waals surface area contributed by atoms with E-state index in [0.29, 0.717) is 146 Å². The molecule has 22 rings (SSSR count). The van der Waals surface area contributed by atoms with Crippen molar-refractivity contribution >= 4 is 82.3 Å². The number of rotatable bonds is 13. The molecule has 12 heterocycles. The average Bonchev–Trinajstić information content (AvgIpc) is 0.803. The van der Waals surface area contributed by atoms with Crippen LogP contribution >= 0.6 is 0 Å². The summed E-state index contributed by atoms with van der Waals surface area (Å²) in [6, 6.07) is 69.0. The van der Waals surface area contributed by atoms with Crippen molar-refractivity contribution in [3.63, 3.8) is 0 Å². The van der Waals surface area contributed by atoms with E-state index in [-0.39, 0.29) is 40.9 Å². The number of halogens is 1. The Labute approximate surface area is 783 Å². The SMILES string of the molecule is CCOc1ccc(-c2cc3ccc(N4CCN[C@@H](C)C4)cc3c(=O)o2)cc1.COc1ccc(-c2cc3ccc(N4CCN[C@@H](C)C4)cc3c(=O)o2)cc1F.C[C@@H]1CN(c2ccc3cc(-c4ccc5c(c4)OCCO5)oc(=O)c3c2)C[C@H](C)N1.C[C@H]1CN(c2ccc3cc(-c4ccc(O)c(O)c4)oc(=O)c3c2)CCN1.C[C@H]1CN(c2ccc3cc(-c4ccc5c(c4)OCO5)oc(=O)c3c2)CCN1. The maximum Gasteiger partial charge on any atom is 0.344 e. The van der Waals surface area contributed by atoms with Gasteiger partial charge in [-0.1, -0.05) is 30.3 Å². The van der Waals surface area contributed by atoms with E-state index >= 15 is 0 Å². The van der Waals surface area contributed by atoms with Crippen molar-refractivity contribution in [2.45, 2.75) is 84.7 Å². The lowest BCUT2D eigenvalue weighted by molar-refractivity contribution is 0.171. The van der Waals surface area contributed by atoms with Crippen molar-refractivity contribution < 1.29 is 65.1 Å². The van der Waals surface area contributed by atoms with Gasteiger partial charge in [0.15, 0.2) is 46.1 Å². The average molecular weight is 1840 g/mol. The van der Waals surface area contributed by atoms with Crippen LogP contribution < -0.4 is 108 Å². The van der Waals surface area contributed by atoms with Gasteiger partial charge in [0.25, 0.3) is 0 Å². The Balaban J connectivity index is 0.000000113. The van der Waals surface area contributed by atoms with E-state index in [2.05, 4.69) is 111 Å². The van der Waals surface area contributed by atoms with E-state index in [1.807, 2.05) is 159 Å². The normalized spacial score (nSPS) is 18.5. The van der Waals surface area contributed by atoms with Gasteiger partial charge in [-0.3, -0.25) is 0 Å². The largest absolute Gasteiger partial charge is 0.504 e. The number of hydrogen-bond donors (Lipinski definition) is 7. The summed E-state index contributed by atoms with van der Waals surface area (Å²) < 4.78 is 74.2. The number of nitrogens with zero attached hydrogens (tertiary/aromatic N) is 5. The minimum absolute atomic E-state index is 0.150. The van der Waals surface area contributed by atoms with Gasteiger partial charge in [-0.05, 0) is 263 Å². The molecule has 0 saturated carbocycles. The zero-order valence-electron chi connectivity index (χ0n) is 77.0. The van der Waals surface area contributed by atoms with E-state index in [1.165, 1.54) is 31.4 Å². The summed E-state index contributed by atoms with van der Waals surface area (Å²) in [5, 5.41) is 43.4. The second kappa shape index (κ2) is 40.7. The number of nitrogens with one attached hydrogen (secondary N) is 5. The number of fused-ring (bicyclic) bond motifs is 7. The van der Waals surface area contributed by atoms with Crippen LogP contribution in [0.15, 0.2) is 264 Å². The second-order valence-corrected chi connectivity index (χ2v) is 35.4. The minimum atomic E-state index is -0.499. The highest BCUT2D eigenvalue weighted by atomic mass is 19.1. The van der Waals surface area contributed by atoms with Crippen LogP contribution in [0.25, 0.3) is 110 Å². The quantitative estimate of drug-likeness (QED) is 0.0527. The number of anilines is 5. The lowest BCUT2D eigenvalue weighted by Gasteiger charge is -2.37.